The van der Waals surface area contributed by atoms with Crippen molar-refractivity contribution >= 4 is 27.3 Å². The molecule has 0 aromatic heterocycles. The fourth-order valence-electron chi connectivity index (χ4n) is 2.65. The van der Waals surface area contributed by atoms with Crippen LogP contribution in [-0.2, 0) is 21.1 Å². The first-order valence-corrected chi connectivity index (χ1v) is 9.35. The maximum Gasteiger partial charge on any atom is 0.227 e. The summed E-state index contributed by atoms with van der Waals surface area (Å²) in [6, 6.07) is 7.00. The maximum absolute atomic E-state index is 12.5. The molecule has 1 amide bonds. The summed E-state index contributed by atoms with van der Waals surface area (Å²) in [4.78, 5) is 14.2. The molecular weight excluding hydrogens is 310 g/mol. The SMILES string of the molecule is CCCN(C(=O)Cc1ccc(Cl)cc1)[C@H]1CCS(=O)(=O)C1. The van der Waals surface area contributed by atoms with Crippen LogP contribution in [0.25, 0.3) is 0 Å². The molecule has 4 nitrogen and oxygen atoms in total. The Kier molecular flexibility index (Phi) is 5.27. The molecule has 0 saturated carbocycles. The first kappa shape index (κ1) is 16.3. The maximum atomic E-state index is 12.5. The molecule has 0 radical (unpaired) electrons. The highest BCUT2D eigenvalue weighted by atomic mass is 35.5. The van der Waals surface area contributed by atoms with E-state index in [1.807, 2.05) is 19.1 Å². The summed E-state index contributed by atoms with van der Waals surface area (Å²) in [5, 5.41) is 0.637. The van der Waals surface area contributed by atoms with Crippen LogP contribution < -0.4 is 0 Å². The van der Waals surface area contributed by atoms with Crippen LogP contribution in [0.15, 0.2) is 24.3 Å². The number of carbonyl (C=O) groups is 1. The summed E-state index contributed by atoms with van der Waals surface area (Å²) in [6.07, 6.45) is 1.66. The Bertz CT molecular complexity index is 598. The third-order valence-electron chi connectivity index (χ3n) is 3.70. The molecule has 0 bridgehead atoms. The number of hydrogen-bond donors (Lipinski definition) is 0. The topological polar surface area (TPSA) is 54.5 Å². The van der Waals surface area contributed by atoms with E-state index in [0.29, 0.717) is 18.0 Å². The van der Waals surface area contributed by atoms with Crippen molar-refractivity contribution in [3.05, 3.63) is 34.9 Å². The number of hydrogen-bond acceptors (Lipinski definition) is 3. The van der Waals surface area contributed by atoms with Crippen LogP contribution in [0.5, 0.6) is 0 Å². The Morgan fingerprint density at radius 1 is 1.33 bits per heavy atom. The number of amides is 1. The molecule has 1 aromatic rings. The standard InChI is InChI=1S/C15H20ClNO3S/c1-2-8-17(14-7-9-21(19,20)11-14)15(18)10-12-3-5-13(16)6-4-12/h3-6,14H,2,7-11H2,1H3/t14-/m0/s1. The average molecular weight is 330 g/mol. The molecule has 0 spiro atoms. The summed E-state index contributed by atoms with van der Waals surface area (Å²) in [6.45, 7) is 2.60. The zero-order valence-corrected chi connectivity index (χ0v) is 13.7. The Hall–Kier alpha value is -1.07. The van der Waals surface area contributed by atoms with Gasteiger partial charge in [-0.05, 0) is 30.5 Å². The molecule has 1 atom stereocenters. The number of sulfone groups is 1. The molecule has 1 aromatic carbocycles. The van der Waals surface area contributed by atoms with E-state index >= 15 is 0 Å². The van der Waals surface area contributed by atoms with Gasteiger partial charge in [-0.3, -0.25) is 4.79 Å². The summed E-state index contributed by atoms with van der Waals surface area (Å²) >= 11 is 5.83. The Morgan fingerprint density at radius 3 is 2.52 bits per heavy atom. The number of nitrogens with zero attached hydrogens (tertiary/aromatic N) is 1. The summed E-state index contributed by atoms with van der Waals surface area (Å²) in [5.41, 5.74) is 0.895. The molecule has 1 aliphatic heterocycles. The number of halogens is 1. The van der Waals surface area contributed by atoms with E-state index in [-0.39, 0.29) is 29.9 Å². The Labute approximate surface area is 131 Å². The first-order valence-electron chi connectivity index (χ1n) is 7.15. The first-order chi connectivity index (χ1) is 9.91. The summed E-state index contributed by atoms with van der Waals surface area (Å²) in [7, 11) is -2.98. The number of carbonyl (C=O) groups excluding carboxylic acids is 1. The van der Waals surface area contributed by atoms with Gasteiger partial charge in [-0.1, -0.05) is 30.7 Å². The zero-order valence-electron chi connectivity index (χ0n) is 12.1. The molecule has 1 aliphatic rings. The second kappa shape index (κ2) is 6.79. The Balaban J connectivity index is 2.07. The van der Waals surface area contributed by atoms with E-state index in [2.05, 4.69) is 0 Å². The fraction of sp³-hybridized carbons (Fsp3) is 0.533. The average Bonchev–Trinajstić information content (AvgIpc) is 2.78. The van der Waals surface area contributed by atoms with Gasteiger partial charge < -0.3 is 4.90 Å². The number of rotatable bonds is 5. The van der Waals surface area contributed by atoms with Gasteiger partial charge in [0, 0.05) is 17.6 Å². The molecule has 0 N–H and O–H groups in total. The van der Waals surface area contributed by atoms with E-state index in [1.54, 1.807) is 17.0 Å². The normalized spacial score (nSPS) is 20.4. The zero-order chi connectivity index (χ0) is 15.5. The van der Waals surface area contributed by atoms with Crippen LogP contribution in [0.3, 0.4) is 0 Å². The minimum absolute atomic E-state index is 0.0127. The molecule has 2 rings (SSSR count). The summed E-state index contributed by atoms with van der Waals surface area (Å²) < 4.78 is 23.2. The quantitative estimate of drug-likeness (QED) is 0.833. The smallest absolute Gasteiger partial charge is 0.227 e. The predicted octanol–water partition coefficient (Wildman–Crippen LogP) is 2.31. The van der Waals surface area contributed by atoms with Crippen molar-refractivity contribution in [2.45, 2.75) is 32.2 Å². The van der Waals surface area contributed by atoms with Gasteiger partial charge in [-0.15, -0.1) is 0 Å². The van der Waals surface area contributed by atoms with Gasteiger partial charge in [0.15, 0.2) is 9.84 Å². The lowest BCUT2D eigenvalue weighted by Gasteiger charge is -2.28. The van der Waals surface area contributed by atoms with Crippen molar-refractivity contribution in [2.24, 2.45) is 0 Å². The minimum atomic E-state index is -2.98. The van der Waals surface area contributed by atoms with Crippen LogP contribution in [0, 0.1) is 0 Å². The van der Waals surface area contributed by atoms with Crippen molar-refractivity contribution in [3.63, 3.8) is 0 Å². The van der Waals surface area contributed by atoms with Gasteiger partial charge in [-0.25, -0.2) is 8.42 Å². The minimum Gasteiger partial charge on any atom is -0.338 e. The molecule has 1 saturated heterocycles. The monoisotopic (exact) mass is 329 g/mol. The molecule has 0 aliphatic carbocycles. The molecule has 1 heterocycles. The van der Waals surface area contributed by atoms with Crippen molar-refractivity contribution < 1.29 is 13.2 Å². The highest BCUT2D eigenvalue weighted by Crippen LogP contribution is 2.19. The van der Waals surface area contributed by atoms with E-state index in [0.717, 1.165) is 12.0 Å². The highest BCUT2D eigenvalue weighted by Gasteiger charge is 2.34. The largest absolute Gasteiger partial charge is 0.338 e. The highest BCUT2D eigenvalue weighted by molar-refractivity contribution is 7.91. The van der Waals surface area contributed by atoms with E-state index < -0.39 is 9.84 Å². The molecule has 21 heavy (non-hydrogen) atoms. The van der Waals surface area contributed by atoms with E-state index in [1.165, 1.54) is 0 Å². The second-order valence-corrected chi connectivity index (χ2v) is 8.11. The summed E-state index contributed by atoms with van der Waals surface area (Å²) in [5.74, 6) is 0.270. The van der Waals surface area contributed by atoms with E-state index in [9.17, 15) is 13.2 Å². The lowest BCUT2D eigenvalue weighted by atomic mass is 10.1. The van der Waals surface area contributed by atoms with Gasteiger partial charge in [0.25, 0.3) is 0 Å². The van der Waals surface area contributed by atoms with Crippen molar-refractivity contribution in [2.75, 3.05) is 18.1 Å². The van der Waals surface area contributed by atoms with Crippen LogP contribution >= 0.6 is 11.6 Å². The lowest BCUT2D eigenvalue weighted by molar-refractivity contribution is -0.132. The molecule has 0 unspecified atom stereocenters. The van der Waals surface area contributed by atoms with Gasteiger partial charge in [0.2, 0.25) is 5.91 Å². The van der Waals surface area contributed by atoms with Gasteiger partial charge in [0.1, 0.15) is 0 Å². The van der Waals surface area contributed by atoms with Crippen LogP contribution in [0.4, 0.5) is 0 Å². The Morgan fingerprint density at radius 2 is 2.00 bits per heavy atom. The molecule has 116 valence electrons. The molecule has 6 heteroatoms. The van der Waals surface area contributed by atoms with Gasteiger partial charge in [-0.2, -0.15) is 0 Å². The lowest BCUT2D eigenvalue weighted by Crippen LogP contribution is -2.42. The van der Waals surface area contributed by atoms with Crippen LogP contribution in [0.1, 0.15) is 25.3 Å². The van der Waals surface area contributed by atoms with Gasteiger partial charge >= 0.3 is 0 Å². The second-order valence-electron chi connectivity index (χ2n) is 5.45. The molecular formula is C15H20ClNO3S. The molecule has 1 fully saturated rings. The van der Waals surface area contributed by atoms with Crippen molar-refractivity contribution in [1.82, 2.24) is 4.90 Å². The third-order valence-corrected chi connectivity index (χ3v) is 5.70. The van der Waals surface area contributed by atoms with Crippen LogP contribution in [0.2, 0.25) is 5.02 Å². The van der Waals surface area contributed by atoms with Gasteiger partial charge in [0.05, 0.1) is 17.9 Å². The third kappa shape index (κ3) is 4.45. The van der Waals surface area contributed by atoms with Crippen molar-refractivity contribution in [1.29, 1.82) is 0 Å². The van der Waals surface area contributed by atoms with Crippen molar-refractivity contribution in [3.8, 4) is 0 Å². The van der Waals surface area contributed by atoms with Crippen LogP contribution in [-0.4, -0.2) is 43.3 Å². The predicted molar refractivity (Wildman–Crippen MR) is 84.2 cm³/mol. The number of benzene rings is 1. The van der Waals surface area contributed by atoms with E-state index in [4.69, 9.17) is 11.6 Å². The fourth-order valence-corrected chi connectivity index (χ4v) is 4.51.